The Kier molecular flexibility index (Phi) is 35.9. The lowest BCUT2D eigenvalue weighted by Crippen LogP contribution is -2.26. The molecule has 0 aliphatic rings. The molecule has 0 rings (SSSR count). The molecule has 0 aliphatic carbocycles. The van der Waals surface area contributed by atoms with Crippen molar-refractivity contribution in [2.75, 3.05) is 11.9 Å². The number of carbonyl (C=O) groups excluding carboxylic acids is 2. The molecule has 1 atom stereocenters. The zero-order valence-electron chi connectivity index (χ0n) is 29.4. The third-order valence-corrected chi connectivity index (χ3v) is 9.25. The summed E-state index contributed by atoms with van der Waals surface area (Å²) < 4.78 is 10.9. The summed E-state index contributed by atoms with van der Waals surface area (Å²) in [4.78, 5) is 24.4. The lowest BCUT2D eigenvalue weighted by molar-refractivity contribution is -0.157. The Morgan fingerprint density at radius 2 is 0.841 bits per heavy atom. The third kappa shape index (κ3) is 34.0. The second-order valence-corrected chi connectivity index (χ2v) is 13.6. The minimum Gasteiger partial charge on any atom is -0.462 e. The zero-order valence-corrected chi connectivity index (χ0v) is 31.0. The fourth-order valence-corrected chi connectivity index (χ4v) is 5.91. The van der Waals surface area contributed by atoms with E-state index in [-0.39, 0.29) is 18.5 Å². The van der Waals surface area contributed by atoms with E-state index in [4.69, 9.17) is 9.47 Å². The summed E-state index contributed by atoms with van der Waals surface area (Å²) in [5.74, 6) is -0.371. The van der Waals surface area contributed by atoms with Crippen molar-refractivity contribution in [1.29, 1.82) is 0 Å². The Hall–Kier alpha value is -0.840. The quantitative estimate of drug-likeness (QED) is 0.0288. The summed E-state index contributed by atoms with van der Waals surface area (Å²) in [7, 11) is 0. The summed E-state index contributed by atoms with van der Waals surface area (Å²) in [6, 6.07) is 0. The number of hydrogen-bond acceptors (Lipinski definition) is 4. The van der Waals surface area contributed by atoms with Crippen LogP contribution in [0.2, 0.25) is 0 Å². The van der Waals surface area contributed by atoms with Gasteiger partial charge in [0, 0.05) is 18.2 Å². The van der Waals surface area contributed by atoms with Gasteiger partial charge in [-0.25, -0.2) is 0 Å². The minimum absolute atomic E-state index is 0.140. The highest BCUT2D eigenvalue weighted by Crippen LogP contribution is 2.15. The molecule has 0 amide bonds. The highest BCUT2D eigenvalue weighted by Gasteiger charge is 2.15. The van der Waals surface area contributed by atoms with E-state index >= 15 is 0 Å². The first-order chi connectivity index (χ1) is 21.6. The fraction of sp³-hybridized carbons (Fsp3) is 0.897. The van der Waals surface area contributed by atoms with Gasteiger partial charge in [0.2, 0.25) is 0 Å². The maximum absolute atomic E-state index is 12.2. The molecule has 0 radical (unpaired) electrons. The van der Waals surface area contributed by atoms with Crippen LogP contribution in [0.4, 0.5) is 0 Å². The molecule has 0 N–H and O–H groups in total. The second kappa shape index (κ2) is 36.6. The van der Waals surface area contributed by atoms with Crippen LogP contribution < -0.4 is 0 Å². The van der Waals surface area contributed by atoms with Crippen LogP contribution in [0.1, 0.15) is 206 Å². The van der Waals surface area contributed by atoms with E-state index in [9.17, 15) is 9.59 Å². The molecule has 4 nitrogen and oxygen atoms in total. The van der Waals surface area contributed by atoms with Gasteiger partial charge < -0.3 is 9.47 Å². The van der Waals surface area contributed by atoms with Crippen molar-refractivity contribution >= 4 is 27.9 Å². The number of carbonyl (C=O) groups is 2. The Bertz CT molecular complexity index is 636. The van der Waals surface area contributed by atoms with E-state index in [0.717, 1.165) is 32.1 Å². The average molecular weight is 686 g/mol. The number of hydrogen-bond donors (Lipinski definition) is 0. The smallest absolute Gasteiger partial charge is 0.306 e. The molecule has 5 heteroatoms. The van der Waals surface area contributed by atoms with E-state index in [0.29, 0.717) is 18.2 Å². The standard InChI is InChI=1S/C39H73BrO4/c1-3-5-7-9-11-13-15-17-19-21-23-25-27-29-31-33-38(41)43-36-37(35-40)44-39(42)34-32-30-28-26-24-22-20-18-16-14-12-10-8-6-4-2/h18,20,37H,3-17,19,21-36H2,1-2H3/b20-18-. The number of ether oxygens (including phenoxy) is 2. The van der Waals surface area contributed by atoms with Crippen molar-refractivity contribution in [3.05, 3.63) is 12.2 Å². The normalized spacial score (nSPS) is 12.2. The van der Waals surface area contributed by atoms with Crippen molar-refractivity contribution in [2.45, 2.75) is 213 Å². The predicted octanol–water partition coefficient (Wildman–Crippen LogP) is 13.1. The molecule has 44 heavy (non-hydrogen) atoms. The molecule has 0 heterocycles. The monoisotopic (exact) mass is 684 g/mol. The van der Waals surface area contributed by atoms with Gasteiger partial charge in [-0.3, -0.25) is 9.59 Å². The van der Waals surface area contributed by atoms with Crippen LogP contribution in [0.5, 0.6) is 0 Å². The first-order valence-corrected chi connectivity index (χ1v) is 20.3. The van der Waals surface area contributed by atoms with Crippen LogP contribution in [-0.4, -0.2) is 30.0 Å². The van der Waals surface area contributed by atoms with Crippen LogP contribution >= 0.6 is 15.9 Å². The maximum atomic E-state index is 12.2. The molecule has 0 saturated heterocycles. The Balaban J connectivity index is 3.53. The molecule has 0 aromatic carbocycles. The van der Waals surface area contributed by atoms with Crippen molar-refractivity contribution in [3.63, 3.8) is 0 Å². The van der Waals surface area contributed by atoms with Crippen molar-refractivity contribution in [3.8, 4) is 0 Å². The third-order valence-electron chi connectivity index (χ3n) is 8.53. The summed E-state index contributed by atoms with van der Waals surface area (Å²) in [5.41, 5.74) is 0. The Labute approximate surface area is 282 Å². The highest BCUT2D eigenvalue weighted by atomic mass is 79.9. The molecular formula is C39H73BrO4. The molecule has 260 valence electrons. The van der Waals surface area contributed by atoms with E-state index in [1.807, 2.05) is 0 Å². The summed E-state index contributed by atoms with van der Waals surface area (Å²) >= 11 is 3.39. The number of alkyl halides is 1. The van der Waals surface area contributed by atoms with E-state index in [2.05, 4.69) is 41.9 Å². The van der Waals surface area contributed by atoms with E-state index < -0.39 is 6.10 Å². The highest BCUT2D eigenvalue weighted by molar-refractivity contribution is 9.09. The van der Waals surface area contributed by atoms with Gasteiger partial charge in [-0.15, -0.1) is 0 Å². The molecule has 0 saturated carbocycles. The largest absolute Gasteiger partial charge is 0.462 e. The van der Waals surface area contributed by atoms with Gasteiger partial charge in [0.1, 0.15) is 12.7 Å². The van der Waals surface area contributed by atoms with Crippen LogP contribution in [0, 0.1) is 0 Å². The Morgan fingerprint density at radius 1 is 0.500 bits per heavy atom. The molecule has 0 aliphatic heterocycles. The van der Waals surface area contributed by atoms with Crippen molar-refractivity contribution < 1.29 is 19.1 Å². The SMILES string of the molecule is CCCCCCCC/C=C\CCCCCCCC(=O)OC(CBr)COC(=O)CCCCCCCCCCCCCCCCC. The summed E-state index contributed by atoms with van der Waals surface area (Å²) in [6.07, 6.45) is 41.0. The number of halogens is 1. The van der Waals surface area contributed by atoms with Gasteiger partial charge >= 0.3 is 11.9 Å². The van der Waals surface area contributed by atoms with Crippen molar-refractivity contribution in [1.82, 2.24) is 0 Å². The Morgan fingerprint density at radius 3 is 1.23 bits per heavy atom. The number of unbranched alkanes of at least 4 members (excludes halogenated alkanes) is 25. The summed E-state index contributed by atoms with van der Waals surface area (Å²) in [5, 5.41) is 0.483. The molecule has 0 aromatic heterocycles. The fourth-order valence-electron chi connectivity index (χ4n) is 5.59. The second-order valence-electron chi connectivity index (χ2n) is 13.0. The minimum atomic E-state index is -0.407. The topological polar surface area (TPSA) is 52.6 Å². The van der Waals surface area contributed by atoms with E-state index in [1.54, 1.807) is 0 Å². The molecular weight excluding hydrogens is 612 g/mol. The predicted molar refractivity (Wildman–Crippen MR) is 194 cm³/mol. The van der Waals surface area contributed by atoms with Crippen LogP contribution in [0.15, 0.2) is 12.2 Å². The lowest BCUT2D eigenvalue weighted by atomic mass is 10.0. The zero-order chi connectivity index (χ0) is 32.2. The van der Waals surface area contributed by atoms with Crippen molar-refractivity contribution in [2.24, 2.45) is 0 Å². The number of esters is 2. The summed E-state index contributed by atoms with van der Waals surface area (Å²) in [6.45, 7) is 4.68. The first kappa shape index (κ1) is 43.2. The number of rotatable bonds is 35. The molecule has 0 aromatic rings. The van der Waals surface area contributed by atoms with E-state index in [1.165, 1.54) is 148 Å². The molecule has 0 fully saturated rings. The van der Waals surface area contributed by atoms with Gasteiger partial charge in [0.25, 0.3) is 0 Å². The lowest BCUT2D eigenvalue weighted by Gasteiger charge is -2.15. The van der Waals surface area contributed by atoms with Crippen LogP contribution in [0.25, 0.3) is 0 Å². The van der Waals surface area contributed by atoms with Gasteiger partial charge in [-0.1, -0.05) is 183 Å². The number of allylic oxidation sites excluding steroid dienone is 2. The molecule has 0 bridgehead atoms. The van der Waals surface area contributed by atoms with Crippen LogP contribution in [-0.2, 0) is 19.1 Å². The maximum Gasteiger partial charge on any atom is 0.306 e. The first-order valence-electron chi connectivity index (χ1n) is 19.2. The van der Waals surface area contributed by atoms with Crippen LogP contribution in [0.3, 0.4) is 0 Å². The van der Waals surface area contributed by atoms with Gasteiger partial charge in [-0.2, -0.15) is 0 Å². The van der Waals surface area contributed by atoms with Gasteiger partial charge in [0.15, 0.2) is 0 Å². The van der Waals surface area contributed by atoms with Gasteiger partial charge in [0.05, 0.1) is 0 Å². The van der Waals surface area contributed by atoms with Gasteiger partial charge in [-0.05, 0) is 38.5 Å². The molecule has 0 spiro atoms. The average Bonchev–Trinajstić information content (AvgIpc) is 3.02. The molecule has 1 unspecified atom stereocenters.